The van der Waals surface area contributed by atoms with Crippen LogP contribution in [-0.2, 0) is 4.74 Å². The van der Waals surface area contributed by atoms with Crippen molar-refractivity contribution in [1.29, 1.82) is 0 Å². The van der Waals surface area contributed by atoms with Crippen LogP contribution in [0, 0.1) is 11.6 Å². The van der Waals surface area contributed by atoms with Crippen LogP contribution in [-0.4, -0.2) is 84.6 Å². The maximum Gasteiger partial charge on any atom is 0.410 e. The lowest BCUT2D eigenvalue weighted by molar-refractivity contribution is -0.147. The van der Waals surface area contributed by atoms with Crippen LogP contribution in [0.1, 0.15) is 54.1 Å². The molecule has 0 bridgehead atoms. The second-order valence-corrected chi connectivity index (χ2v) is 11.3. The number of benzene rings is 1. The average Bonchev–Trinajstić information content (AvgIpc) is 2.95. The molecule has 1 saturated heterocycles. The Morgan fingerprint density at radius 1 is 1.14 bits per heavy atom. The second kappa shape index (κ2) is 12.2. The summed E-state index contributed by atoms with van der Waals surface area (Å²) in [4.78, 5) is 44.6. The number of carbonyl (C=O) groups excluding carboxylic acids is 2. The normalized spacial score (nSPS) is 20.8. The van der Waals surface area contributed by atoms with Crippen molar-refractivity contribution < 1.29 is 40.7 Å². The number of likely N-dealkylation sites (N-methyl/N-ethyl adjacent to an activating group) is 1. The van der Waals surface area contributed by atoms with E-state index in [1.54, 1.807) is 4.90 Å². The number of nitrogens with one attached hydrogen (secondary N) is 2. The van der Waals surface area contributed by atoms with Gasteiger partial charge in [-0.25, -0.2) is 31.1 Å². The average molecular weight is 628 g/mol. The first-order chi connectivity index (χ1) is 20.7. The Hall–Kier alpha value is -4.01. The molecule has 0 spiro atoms. The molecule has 2 amide bonds. The smallest absolute Gasteiger partial charge is 0.410 e. The van der Waals surface area contributed by atoms with E-state index in [0.29, 0.717) is 25.7 Å². The minimum absolute atomic E-state index is 0.0151. The summed E-state index contributed by atoms with van der Waals surface area (Å²) in [7, 11) is 1.89. The molecule has 3 heterocycles. The number of ether oxygens (including phenoxy) is 1. The molecule has 1 aromatic carbocycles. The van der Waals surface area contributed by atoms with E-state index in [0.717, 1.165) is 17.2 Å². The fourth-order valence-electron chi connectivity index (χ4n) is 5.57. The molecule has 1 aliphatic carbocycles. The summed E-state index contributed by atoms with van der Waals surface area (Å²) in [5.41, 5.74) is -3.31. The Bertz CT molecular complexity index is 1540. The zero-order chi connectivity index (χ0) is 31.9. The van der Waals surface area contributed by atoms with E-state index in [2.05, 4.69) is 10.3 Å². The summed E-state index contributed by atoms with van der Waals surface area (Å²) in [6.45, 7) is 2.93. The van der Waals surface area contributed by atoms with Gasteiger partial charge < -0.3 is 29.7 Å². The van der Waals surface area contributed by atoms with Gasteiger partial charge in [0.2, 0.25) is 5.56 Å². The van der Waals surface area contributed by atoms with E-state index in [1.807, 2.05) is 18.9 Å². The summed E-state index contributed by atoms with van der Waals surface area (Å²) >= 11 is 0. The van der Waals surface area contributed by atoms with Gasteiger partial charge in [0.1, 0.15) is 17.6 Å². The van der Waals surface area contributed by atoms with Gasteiger partial charge in [0, 0.05) is 75.5 Å². The molecule has 2 fully saturated rings. The topological polar surface area (TPSA) is 98.0 Å². The standard InChI is InChI=1S/C29H31F6N5O4/c1-15-13-39(7-6-38(15)2)21-9-20(30)23(16-4-3-5-40(14-16)28(43)44-17-10-29(34,35)11-17)24(31)25(21)37-27(42)19-12-36-22(41)8-18(19)26(32)33/h4,8-9,12,15,17,26H,3,5-7,10-11,13-14H2,1-2H3,(H,36,41)(H,37,42)/t15-/m0/s1. The number of carbonyl (C=O) groups is 2. The molecule has 2 aliphatic heterocycles. The highest BCUT2D eigenvalue weighted by Crippen LogP contribution is 2.41. The van der Waals surface area contributed by atoms with Gasteiger partial charge in [-0.2, -0.15) is 0 Å². The van der Waals surface area contributed by atoms with Crippen LogP contribution >= 0.6 is 0 Å². The number of aromatic nitrogens is 1. The number of alkyl halides is 4. The molecule has 1 aromatic heterocycles. The van der Waals surface area contributed by atoms with E-state index in [4.69, 9.17) is 4.74 Å². The van der Waals surface area contributed by atoms with Gasteiger partial charge in [-0.3, -0.25) is 9.59 Å². The fraction of sp³-hybridized carbons (Fsp3) is 0.483. The molecular formula is C29H31F6N5O4. The van der Waals surface area contributed by atoms with Gasteiger partial charge >= 0.3 is 6.09 Å². The third-order valence-electron chi connectivity index (χ3n) is 8.22. The number of anilines is 2. The highest BCUT2D eigenvalue weighted by molar-refractivity contribution is 6.07. The summed E-state index contributed by atoms with van der Waals surface area (Å²) in [5.74, 6) is -6.24. The molecular weight excluding hydrogens is 596 g/mol. The molecule has 9 nitrogen and oxygen atoms in total. The van der Waals surface area contributed by atoms with Crippen LogP contribution in [0.4, 0.5) is 42.5 Å². The van der Waals surface area contributed by atoms with E-state index in [9.17, 15) is 31.9 Å². The van der Waals surface area contributed by atoms with Gasteiger partial charge in [-0.05, 0) is 26.0 Å². The van der Waals surface area contributed by atoms with Gasteiger partial charge in [0.05, 0.1) is 16.8 Å². The maximum absolute atomic E-state index is 16.4. The highest BCUT2D eigenvalue weighted by atomic mass is 19.3. The molecule has 15 heteroatoms. The van der Waals surface area contributed by atoms with Crippen LogP contribution in [0.25, 0.3) is 5.57 Å². The van der Waals surface area contributed by atoms with Crippen molar-refractivity contribution in [1.82, 2.24) is 14.8 Å². The Balaban J connectivity index is 1.49. The third-order valence-corrected chi connectivity index (χ3v) is 8.22. The van der Waals surface area contributed by atoms with Crippen molar-refractivity contribution in [3.63, 3.8) is 0 Å². The predicted molar refractivity (Wildman–Crippen MR) is 149 cm³/mol. The van der Waals surface area contributed by atoms with Gasteiger partial charge in [-0.1, -0.05) is 6.08 Å². The van der Waals surface area contributed by atoms with E-state index in [1.165, 1.54) is 6.08 Å². The van der Waals surface area contributed by atoms with Crippen LogP contribution < -0.4 is 15.8 Å². The van der Waals surface area contributed by atoms with Crippen molar-refractivity contribution in [2.45, 2.75) is 50.7 Å². The molecule has 238 valence electrons. The fourth-order valence-corrected chi connectivity index (χ4v) is 5.57. The quantitative estimate of drug-likeness (QED) is 0.438. The number of rotatable bonds is 6. The largest absolute Gasteiger partial charge is 0.446 e. The minimum atomic E-state index is -3.19. The Morgan fingerprint density at radius 2 is 1.86 bits per heavy atom. The monoisotopic (exact) mass is 627 g/mol. The molecule has 2 aromatic rings. The zero-order valence-corrected chi connectivity index (χ0v) is 23.9. The lowest BCUT2D eigenvalue weighted by Crippen LogP contribution is -2.50. The second-order valence-electron chi connectivity index (χ2n) is 11.3. The number of hydrogen-bond donors (Lipinski definition) is 2. The summed E-state index contributed by atoms with van der Waals surface area (Å²) in [5, 5.41) is 2.33. The molecule has 5 rings (SSSR count). The van der Waals surface area contributed by atoms with E-state index in [-0.39, 0.29) is 36.8 Å². The van der Waals surface area contributed by atoms with Gasteiger partial charge in [-0.15, -0.1) is 0 Å². The Kier molecular flexibility index (Phi) is 8.69. The number of hydrogen-bond acceptors (Lipinski definition) is 6. The molecule has 0 unspecified atom stereocenters. The number of amides is 2. The van der Waals surface area contributed by atoms with Crippen LogP contribution in [0.3, 0.4) is 0 Å². The predicted octanol–water partition coefficient (Wildman–Crippen LogP) is 5.01. The van der Waals surface area contributed by atoms with Gasteiger partial charge in [0.25, 0.3) is 18.3 Å². The van der Waals surface area contributed by atoms with Crippen molar-refractivity contribution in [2.75, 3.05) is 50.0 Å². The number of piperazine rings is 1. The van der Waals surface area contributed by atoms with Gasteiger partial charge in [0.15, 0.2) is 5.82 Å². The SMILES string of the molecule is C[C@H]1CN(c2cc(F)c(C3=CCCN(C(=O)OC4CC(F)(F)C4)C3)c(F)c2NC(=O)c2c[nH]c(=O)cc2C(F)F)CCN1C. The molecule has 1 atom stereocenters. The highest BCUT2D eigenvalue weighted by Gasteiger charge is 2.48. The number of aromatic amines is 1. The maximum atomic E-state index is 16.4. The molecule has 2 N–H and O–H groups in total. The number of halogens is 6. The first kappa shape index (κ1) is 31.4. The molecule has 3 aliphatic rings. The first-order valence-corrected chi connectivity index (χ1v) is 14.1. The van der Waals surface area contributed by atoms with Crippen molar-refractivity contribution in [3.8, 4) is 0 Å². The van der Waals surface area contributed by atoms with E-state index < -0.39 is 82.9 Å². The third kappa shape index (κ3) is 6.42. The molecule has 44 heavy (non-hydrogen) atoms. The van der Waals surface area contributed by atoms with Crippen molar-refractivity contribution >= 4 is 28.9 Å². The van der Waals surface area contributed by atoms with E-state index >= 15 is 8.78 Å². The Labute approximate surface area is 248 Å². The minimum Gasteiger partial charge on any atom is -0.446 e. The Morgan fingerprint density at radius 3 is 2.52 bits per heavy atom. The van der Waals surface area contributed by atoms with Crippen LogP contribution in [0.5, 0.6) is 0 Å². The molecule has 1 saturated carbocycles. The lowest BCUT2D eigenvalue weighted by Gasteiger charge is -2.40. The van der Waals surface area contributed by atoms with Crippen molar-refractivity contribution in [2.24, 2.45) is 0 Å². The lowest BCUT2D eigenvalue weighted by atomic mass is 9.91. The first-order valence-electron chi connectivity index (χ1n) is 14.1. The number of nitrogens with zero attached hydrogens (tertiary/aromatic N) is 3. The van der Waals surface area contributed by atoms with Crippen LogP contribution in [0.15, 0.2) is 29.2 Å². The van der Waals surface area contributed by atoms with Crippen LogP contribution in [0.2, 0.25) is 0 Å². The number of pyridine rings is 1. The van der Waals surface area contributed by atoms with Crippen molar-refractivity contribution in [3.05, 3.63) is 63.1 Å². The summed E-state index contributed by atoms with van der Waals surface area (Å²) < 4.78 is 91.1. The molecule has 0 radical (unpaired) electrons. The number of H-pyrrole nitrogens is 1. The zero-order valence-electron chi connectivity index (χ0n) is 23.9. The summed E-state index contributed by atoms with van der Waals surface area (Å²) in [6, 6.07) is 1.58. The summed E-state index contributed by atoms with van der Waals surface area (Å²) in [6.07, 6.45) is -3.75.